The molecule has 0 saturated carbocycles. The molecule has 5 nitrogen and oxygen atoms in total. The molecule has 1 N–H and O–H groups in total. The van der Waals surface area contributed by atoms with Crippen molar-refractivity contribution in [1.29, 1.82) is 0 Å². The van der Waals surface area contributed by atoms with Crippen LogP contribution in [0.2, 0.25) is 0 Å². The highest BCUT2D eigenvalue weighted by molar-refractivity contribution is 6.01. The zero-order chi connectivity index (χ0) is 21.0. The van der Waals surface area contributed by atoms with Gasteiger partial charge in [0.2, 0.25) is 0 Å². The van der Waals surface area contributed by atoms with E-state index in [0.29, 0.717) is 19.6 Å². The highest BCUT2D eigenvalue weighted by Crippen LogP contribution is 2.51. The van der Waals surface area contributed by atoms with Gasteiger partial charge in [0.15, 0.2) is 17.3 Å². The Bertz CT molecular complexity index is 1050. The smallest absolute Gasteiger partial charge is 0.163 e. The molecule has 0 radical (unpaired) electrons. The van der Waals surface area contributed by atoms with E-state index >= 15 is 0 Å². The van der Waals surface area contributed by atoms with Gasteiger partial charge in [0.1, 0.15) is 13.2 Å². The van der Waals surface area contributed by atoms with Crippen LogP contribution < -0.4 is 19.7 Å². The summed E-state index contributed by atoms with van der Waals surface area (Å²) in [5.74, 6) is 1.65. The molecule has 1 unspecified atom stereocenters. The minimum atomic E-state index is -0.105. The Kier molecular flexibility index (Phi) is 4.31. The minimum Gasteiger partial charge on any atom is -0.486 e. The number of ketones is 1. The molecule has 0 amide bonds. The molecule has 156 valence electrons. The van der Waals surface area contributed by atoms with E-state index in [-0.39, 0.29) is 17.1 Å². The molecule has 0 saturated heterocycles. The van der Waals surface area contributed by atoms with E-state index in [2.05, 4.69) is 54.4 Å². The monoisotopic (exact) mass is 404 g/mol. The van der Waals surface area contributed by atoms with Gasteiger partial charge in [-0.05, 0) is 41.2 Å². The fourth-order valence-electron chi connectivity index (χ4n) is 4.86. The number of Topliss-reactive ketones (excluding diaryl/α,β-unsaturated/α-hetero) is 1. The van der Waals surface area contributed by atoms with E-state index in [9.17, 15) is 4.79 Å². The molecule has 30 heavy (non-hydrogen) atoms. The quantitative estimate of drug-likeness (QED) is 0.785. The standard InChI is InChI=1S/C25H28N2O3/c1-25(2)13-19-24(20(28)14-25)23(15-5-7-16(8-6-15)27(3)4)17-11-21-22(12-18(17)26-19)30-10-9-29-21/h5-8,11-12,23,26H,9-10,13-14H2,1-4H3. The largest absolute Gasteiger partial charge is 0.486 e. The highest BCUT2D eigenvalue weighted by atomic mass is 16.6. The minimum absolute atomic E-state index is 0.0480. The molecule has 1 atom stereocenters. The van der Waals surface area contributed by atoms with Crippen molar-refractivity contribution in [2.24, 2.45) is 5.41 Å². The number of nitrogens with zero attached hydrogens (tertiary/aromatic N) is 1. The van der Waals surface area contributed by atoms with Crippen molar-refractivity contribution in [3.8, 4) is 11.5 Å². The van der Waals surface area contributed by atoms with Crippen LogP contribution in [0.25, 0.3) is 0 Å². The Hall–Kier alpha value is -2.95. The number of hydrogen-bond donors (Lipinski definition) is 1. The first-order valence-electron chi connectivity index (χ1n) is 10.6. The Labute approximate surface area is 177 Å². The van der Waals surface area contributed by atoms with E-state index in [0.717, 1.165) is 51.7 Å². The van der Waals surface area contributed by atoms with Gasteiger partial charge < -0.3 is 19.7 Å². The maximum absolute atomic E-state index is 13.3. The summed E-state index contributed by atoms with van der Waals surface area (Å²) in [6.07, 6.45) is 1.42. The third-order valence-corrected chi connectivity index (χ3v) is 6.26. The normalized spacial score (nSPS) is 21.5. The second-order valence-electron chi connectivity index (χ2n) is 9.46. The van der Waals surface area contributed by atoms with Gasteiger partial charge in [0, 0.05) is 55.1 Å². The Morgan fingerprint density at radius 1 is 1.00 bits per heavy atom. The Balaban J connectivity index is 1.68. The Morgan fingerprint density at radius 2 is 1.67 bits per heavy atom. The summed E-state index contributed by atoms with van der Waals surface area (Å²) < 4.78 is 11.7. The first-order chi connectivity index (χ1) is 14.3. The van der Waals surface area contributed by atoms with Crippen molar-refractivity contribution in [3.05, 3.63) is 58.8 Å². The van der Waals surface area contributed by atoms with Gasteiger partial charge in [-0.3, -0.25) is 4.79 Å². The first-order valence-corrected chi connectivity index (χ1v) is 10.6. The van der Waals surface area contributed by atoms with Gasteiger partial charge in [-0.25, -0.2) is 0 Å². The number of benzene rings is 2. The summed E-state index contributed by atoms with van der Waals surface area (Å²) in [6.45, 7) is 5.43. The number of rotatable bonds is 2. The van der Waals surface area contributed by atoms with Crippen LogP contribution in [0.5, 0.6) is 11.5 Å². The fourth-order valence-corrected chi connectivity index (χ4v) is 4.86. The van der Waals surface area contributed by atoms with Crippen LogP contribution in [0.1, 0.15) is 43.7 Å². The molecule has 2 aromatic rings. The molecule has 5 rings (SSSR count). The molecule has 2 aliphatic heterocycles. The van der Waals surface area contributed by atoms with Gasteiger partial charge in [0.05, 0.1) is 0 Å². The molecule has 5 heteroatoms. The molecule has 0 bridgehead atoms. The zero-order valence-electron chi connectivity index (χ0n) is 18.0. The van der Waals surface area contributed by atoms with Gasteiger partial charge in [-0.15, -0.1) is 0 Å². The van der Waals surface area contributed by atoms with E-state index in [4.69, 9.17) is 9.47 Å². The third kappa shape index (κ3) is 3.13. The van der Waals surface area contributed by atoms with Gasteiger partial charge >= 0.3 is 0 Å². The second-order valence-corrected chi connectivity index (χ2v) is 9.46. The predicted molar refractivity (Wildman–Crippen MR) is 119 cm³/mol. The van der Waals surface area contributed by atoms with Gasteiger partial charge in [0.25, 0.3) is 0 Å². The topological polar surface area (TPSA) is 50.8 Å². The maximum Gasteiger partial charge on any atom is 0.163 e. The van der Waals surface area contributed by atoms with Crippen LogP contribution in [-0.2, 0) is 4.79 Å². The molecule has 2 heterocycles. The van der Waals surface area contributed by atoms with Crippen LogP contribution in [-0.4, -0.2) is 33.1 Å². The number of allylic oxidation sites excluding steroid dienone is 2. The lowest BCUT2D eigenvalue weighted by Crippen LogP contribution is -2.34. The van der Waals surface area contributed by atoms with E-state index in [1.165, 1.54) is 0 Å². The molecule has 0 fully saturated rings. The predicted octanol–water partition coefficient (Wildman–Crippen LogP) is 4.72. The first kappa shape index (κ1) is 19.0. The molecule has 0 spiro atoms. The number of nitrogens with one attached hydrogen (secondary N) is 1. The third-order valence-electron chi connectivity index (χ3n) is 6.26. The lowest BCUT2D eigenvalue weighted by molar-refractivity contribution is -0.118. The van der Waals surface area contributed by atoms with Crippen molar-refractivity contribution >= 4 is 17.2 Å². The number of carbonyl (C=O) groups excluding carboxylic acids is 1. The summed E-state index contributed by atoms with van der Waals surface area (Å²) in [7, 11) is 4.07. The fraction of sp³-hybridized carbons (Fsp3) is 0.400. The van der Waals surface area contributed by atoms with Crippen molar-refractivity contribution < 1.29 is 14.3 Å². The molecular formula is C25H28N2O3. The molecular weight excluding hydrogens is 376 g/mol. The maximum atomic E-state index is 13.3. The van der Waals surface area contributed by atoms with Crippen LogP contribution in [0, 0.1) is 5.41 Å². The van der Waals surface area contributed by atoms with Crippen molar-refractivity contribution in [3.63, 3.8) is 0 Å². The lowest BCUT2D eigenvalue weighted by atomic mass is 9.68. The molecule has 1 aliphatic carbocycles. The SMILES string of the molecule is CN(C)c1ccc(C2C3=C(CC(C)(C)CC3=O)Nc3cc4c(cc32)OCCO4)cc1. The van der Waals surface area contributed by atoms with E-state index in [1.54, 1.807) is 0 Å². The number of fused-ring (bicyclic) bond motifs is 2. The summed E-state index contributed by atoms with van der Waals surface area (Å²) in [6, 6.07) is 12.6. The van der Waals surface area contributed by atoms with Crippen LogP contribution in [0.4, 0.5) is 11.4 Å². The summed E-state index contributed by atoms with van der Waals surface area (Å²) in [5, 5.41) is 3.58. The van der Waals surface area contributed by atoms with Crippen molar-refractivity contribution in [2.75, 3.05) is 37.5 Å². The van der Waals surface area contributed by atoms with Crippen molar-refractivity contribution in [2.45, 2.75) is 32.6 Å². The molecule has 2 aromatic carbocycles. The van der Waals surface area contributed by atoms with Crippen molar-refractivity contribution in [1.82, 2.24) is 0 Å². The van der Waals surface area contributed by atoms with E-state index < -0.39 is 0 Å². The van der Waals surface area contributed by atoms with Crippen LogP contribution in [0.3, 0.4) is 0 Å². The lowest BCUT2D eigenvalue weighted by Gasteiger charge is -2.40. The average molecular weight is 405 g/mol. The molecule has 3 aliphatic rings. The second kappa shape index (κ2) is 6.79. The zero-order valence-corrected chi connectivity index (χ0v) is 18.0. The molecule has 0 aromatic heterocycles. The summed E-state index contributed by atoms with van der Waals surface area (Å²) in [4.78, 5) is 15.4. The van der Waals surface area contributed by atoms with Gasteiger partial charge in [-0.2, -0.15) is 0 Å². The summed E-state index contributed by atoms with van der Waals surface area (Å²) >= 11 is 0. The van der Waals surface area contributed by atoms with Gasteiger partial charge in [-0.1, -0.05) is 26.0 Å². The van der Waals surface area contributed by atoms with E-state index in [1.807, 2.05) is 20.2 Å². The number of carbonyl (C=O) groups is 1. The Morgan fingerprint density at radius 3 is 2.33 bits per heavy atom. The summed E-state index contributed by atoms with van der Waals surface area (Å²) in [5.41, 5.74) is 6.24. The van der Waals surface area contributed by atoms with Crippen LogP contribution >= 0.6 is 0 Å². The average Bonchev–Trinajstić information content (AvgIpc) is 2.70. The van der Waals surface area contributed by atoms with Crippen LogP contribution in [0.15, 0.2) is 47.7 Å². The number of hydrogen-bond acceptors (Lipinski definition) is 5. The number of ether oxygens (including phenoxy) is 2. The highest BCUT2D eigenvalue weighted by Gasteiger charge is 2.41. The number of anilines is 2.